The Morgan fingerprint density at radius 3 is 2.36 bits per heavy atom. The van der Waals surface area contributed by atoms with Gasteiger partial charge in [-0.05, 0) is 12.5 Å². The van der Waals surface area contributed by atoms with E-state index in [-0.39, 0.29) is 29.9 Å². The average molecular weight is 418 g/mol. The van der Waals surface area contributed by atoms with Gasteiger partial charge in [0.15, 0.2) is 5.96 Å². The van der Waals surface area contributed by atoms with Crippen molar-refractivity contribution in [1.29, 1.82) is 0 Å². The molecule has 0 saturated heterocycles. The number of nitrogens with one attached hydrogen (secondary N) is 3. The maximum atomic E-state index is 10.8. The number of benzene rings is 1. The van der Waals surface area contributed by atoms with Gasteiger partial charge in [-0.15, -0.1) is 24.0 Å². The van der Waals surface area contributed by atoms with Gasteiger partial charge in [-0.1, -0.05) is 37.3 Å². The van der Waals surface area contributed by atoms with E-state index in [0.717, 1.165) is 19.0 Å². The molecule has 0 heterocycles. The molecule has 22 heavy (non-hydrogen) atoms. The van der Waals surface area contributed by atoms with Crippen LogP contribution in [0.2, 0.25) is 0 Å². The lowest BCUT2D eigenvalue weighted by molar-refractivity contribution is -0.118. The first-order chi connectivity index (χ1) is 10.1. The van der Waals surface area contributed by atoms with Crippen molar-refractivity contribution >= 4 is 35.8 Å². The number of aliphatic imine (C=N–C) groups is 1. The zero-order valence-electron chi connectivity index (χ0n) is 13.6. The number of carbonyl (C=O) groups is 1. The number of amides is 1. The molecule has 0 fully saturated rings. The molecule has 3 N–H and O–H groups in total. The van der Waals surface area contributed by atoms with Crippen LogP contribution in [-0.4, -0.2) is 38.0 Å². The summed E-state index contributed by atoms with van der Waals surface area (Å²) in [6, 6.07) is 10.4. The summed E-state index contributed by atoms with van der Waals surface area (Å²) in [6.07, 6.45) is 0. The lowest BCUT2D eigenvalue weighted by Gasteiger charge is -2.14. The highest BCUT2D eigenvalue weighted by atomic mass is 127. The van der Waals surface area contributed by atoms with Gasteiger partial charge in [0.1, 0.15) is 0 Å². The van der Waals surface area contributed by atoms with E-state index in [2.05, 4.69) is 40.0 Å². The van der Waals surface area contributed by atoms with Gasteiger partial charge >= 0.3 is 0 Å². The second-order valence-electron chi connectivity index (χ2n) is 4.94. The first kappa shape index (κ1) is 20.7. The number of rotatable bonds is 7. The molecule has 1 rings (SSSR count). The lowest BCUT2D eigenvalue weighted by atomic mass is 10.0. The maximum absolute atomic E-state index is 10.8. The van der Waals surface area contributed by atoms with Gasteiger partial charge < -0.3 is 16.0 Å². The molecule has 0 bridgehead atoms. The predicted molar refractivity (Wildman–Crippen MR) is 103 cm³/mol. The van der Waals surface area contributed by atoms with Crippen LogP contribution in [0.15, 0.2) is 35.3 Å². The molecule has 0 aliphatic carbocycles. The lowest BCUT2D eigenvalue weighted by Crippen LogP contribution is -2.41. The molecule has 1 atom stereocenters. The Kier molecular flexibility index (Phi) is 11.5. The molecule has 1 aromatic rings. The quantitative estimate of drug-likeness (QED) is 0.275. The summed E-state index contributed by atoms with van der Waals surface area (Å²) in [5.74, 6) is 1.14. The average Bonchev–Trinajstić information content (AvgIpc) is 2.49. The first-order valence-electron chi connectivity index (χ1n) is 7.45. The molecule has 5 nitrogen and oxygen atoms in total. The molecule has 1 unspecified atom stereocenters. The summed E-state index contributed by atoms with van der Waals surface area (Å²) in [5, 5.41) is 9.16. The number of halogens is 1. The SMILES string of the molecule is CCNC(=NCC(C)c1ccccc1)NCCNC(C)=O.I. The highest BCUT2D eigenvalue weighted by Gasteiger charge is 2.04. The van der Waals surface area contributed by atoms with Crippen LogP contribution in [0.4, 0.5) is 0 Å². The van der Waals surface area contributed by atoms with Crippen LogP contribution < -0.4 is 16.0 Å². The van der Waals surface area contributed by atoms with Crippen LogP contribution in [-0.2, 0) is 4.79 Å². The molecule has 0 aliphatic rings. The van der Waals surface area contributed by atoms with E-state index in [4.69, 9.17) is 0 Å². The summed E-state index contributed by atoms with van der Waals surface area (Å²) in [7, 11) is 0. The summed E-state index contributed by atoms with van der Waals surface area (Å²) in [4.78, 5) is 15.4. The Morgan fingerprint density at radius 1 is 1.14 bits per heavy atom. The third kappa shape index (κ3) is 8.86. The minimum atomic E-state index is -0.0172. The van der Waals surface area contributed by atoms with Crippen LogP contribution in [0, 0.1) is 0 Å². The molecule has 1 amide bonds. The van der Waals surface area contributed by atoms with Crippen LogP contribution in [0.25, 0.3) is 0 Å². The zero-order valence-corrected chi connectivity index (χ0v) is 15.9. The summed E-state index contributed by atoms with van der Waals surface area (Å²) < 4.78 is 0. The van der Waals surface area contributed by atoms with Crippen molar-refractivity contribution in [2.45, 2.75) is 26.7 Å². The predicted octanol–water partition coefficient (Wildman–Crippen LogP) is 2.10. The fourth-order valence-electron chi connectivity index (χ4n) is 1.88. The van der Waals surface area contributed by atoms with E-state index in [1.165, 1.54) is 12.5 Å². The molecule has 124 valence electrons. The molecule has 1 aromatic carbocycles. The van der Waals surface area contributed by atoms with Crippen molar-refractivity contribution in [1.82, 2.24) is 16.0 Å². The van der Waals surface area contributed by atoms with E-state index in [1.54, 1.807) is 0 Å². The normalized spacial score (nSPS) is 12.0. The standard InChI is InChI=1S/C16H26N4O.HI/c1-4-17-16(19-11-10-18-14(3)21)20-12-13(2)15-8-6-5-7-9-15;/h5-9,13H,4,10-12H2,1-3H3,(H,18,21)(H2,17,19,20);1H. The van der Waals surface area contributed by atoms with E-state index in [0.29, 0.717) is 19.0 Å². The summed E-state index contributed by atoms with van der Waals surface area (Å²) in [5.41, 5.74) is 1.29. The highest BCUT2D eigenvalue weighted by molar-refractivity contribution is 14.0. The topological polar surface area (TPSA) is 65.5 Å². The molecule has 6 heteroatoms. The Hall–Kier alpha value is -1.31. The van der Waals surface area contributed by atoms with Crippen molar-refractivity contribution in [3.8, 4) is 0 Å². The van der Waals surface area contributed by atoms with E-state index in [9.17, 15) is 4.79 Å². The van der Waals surface area contributed by atoms with E-state index >= 15 is 0 Å². The molecule has 0 aliphatic heterocycles. The van der Waals surface area contributed by atoms with Crippen molar-refractivity contribution in [2.75, 3.05) is 26.2 Å². The van der Waals surface area contributed by atoms with Gasteiger partial charge in [0.25, 0.3) is 0 Å². The van der Waals surface area contributed by atoms with Gasteiger partial charge in [0, 0.05) is 39.0 Å². The van der Waals surface area contributed by atoms with Crippen LogP contribution in [0.5, 0.6) is 0 Å². The van der Waals surface area contributed by atoms with Crippen molar-refractivity contribution in [3.63, 3.8) is 0 Å². The molecule has 0 radical (unpaired) electrons. The third-order valence-corrected chi connectivity index (χ3v) is 3.03. The van der Waals surface area contributed by atoms with Crippen LogP contribution >= 0.6 is 24.0 Å². The summed E-state index contributed by atoms with van der Waals surface area (Å²) >= 11 is 0. The number of hydrogen-bond donors (Lipinski definition) is 3. The smallest absolute Gasteiger partial charge is 0.216 e. The largest absolute Gasteiger partial charge is 0.357 e. The Balaban J connectivity index is 0.00000441. The van der Waals surface area contributed by atoms with Crippen molar-refractivity contribution in [2.24, 2.45) is 4.99 Å². The van der Waals surface area contributed by atoms with Gasteiger partial charge in [-0.3, -0.25) is 9.79 Å². The van der Waals surface area contributed by atoms with Gasteiger partial charge in [0.05, 0.1) is 0 Å². The molecule has 0 saturated carbocycles. The molecular formula is C16H27IN4O. The monoisotopic (exact) mass is 418 g/mol. The third-order valence-electron chi connectivity index (χ3n) is 3.03. The Morgan fingerprint density at radius 2 is 1.77 bits per heavy atom. The summed E-state index contributed by atoms with van der Waals surface area (Å²) in [6.45, 7) is 8.50. The minimum Gasteiger partial charge on any atom is -0.357 e. The molecule has 0 aromatic heterocycles. The first-order valence-corrected chi connectivity index (χ1v) is 7.45. The van der Waals surface area contributed by atoms with Gasteiger partial charge in [-0.2, -0.15) is 0 Å². The Labute approximate surface area is 150 Å². The highest BCUT2D eigenvalue weighted by Crippen LogP contribution is 2.14. The number of nitrogens with zero attached hydrogens (tertiary/aromatic N) is 1. The number of guanidine groups is 1. The van der Waals surface area contributed by atoms with Gasteiger partial charge in [-0.25, -0.2) is 0 Å². The Bertz CT molecular complexity index is 451. The minimum absolute atomic E-state index is 0. The molecular weight excluding hydrogens is 391 g/mol. The maximum Gasteiger partial charge on any atom is 0.216 e. The fraction of sp³-hybridized carbons (Fsp3) is 0.500. The van der Waals surface area contributed by atoms with Crippen LogP contribution in [0.3, 0.4) is 0 Å². The van der Waals surface area contributed by atoms with Crippen molar-refractivity contribution < 1.29 is 4.79 Å². The number of hydrogen-bond acceptors (Lipinski definition) is 2. The molecule has 0 spiro atoms. The van der Waals surface area contributed by atoms with E-state index < -0.39 is 0 Å². The second kappa shape index (κ2) is 12.3. The van der Waals surface area contributed by atoms with Gasteiger partial charge in [0.2, 0.25) is 5.91 Å². The second-order valence-corrected chi connectivity index (χ2v) is 4.94. The fourth-order valence-corrected chi connectivity index (χ4v) is 1.88. The van der Waals surface area contributed by atoms with Crippen molar-refractivity contribution in [3.05, 3.63) is 35.9 Å². The zero-order chi connectivity index (χ0) is 15.5. The number of carbonyl (C=O) groups excluding carboxylic acids is 1. The van der Waals surface area contributed by atoms with Crippen LogP contribution in [0.1, 0.15) is 32.3 Å². The van der Waals surface area contributed by atoms with E-state index in [1.807, 2.05) is 25.1 Å².